The molecule has 0 atom stereocenters. The van der Waals surface area contributed by atoms with Gasteiger partial charge in [-0.15, -0.1) is 0 Å². The molecule has 0 fully saturated rings. The molecule has 0 aliphatic heterocycles. The first-order valence-electron chi connectivity index (χ1n) is 3.69. The number of hydrogen-bond acceptors (Lipinski definition) is 3. The molecule has 4 heteroatoms. The molecule has 0 spiro atoms. The number of methoxy groups -OCH3 is 1. The van der Waals surface area contributed by atoms with Gasteiger partial charge in [0.05, 0.1) is 12.7 Å². The minimum atomic E-state index is 0.357. The number of ether oxygens (including phenoxy) is 1. The maximum atomic E-state index is 8.86. The highest BCUT2D eigenvalue weighted by Crippen LogP contribution is 2.24. The summed E-state index contributed by atoms with van der Waals surface area (Å²) in [5.41, 5.74) is 6.87. The van der Waals surface area contributed by atoms with Crippen LogP contribution in [0.2, 0.25) is 0 Å². The predicted octanol–water partition coefficient (Wildman–Crippen LogP) is 1.63. The number of rotatable bonds is 2. The van der Waals surface area contributed by atoms with Crippen LogP contribution in [0.5, 0.6) is 5.75 Å². The summed E-state index contributed by atoms with van der Waals surface area (Å²) in [6.45, 7) is 0.357. The van der Waals surface area contributed by atoms with E-state index >= 15 is 0 Å². The number of nitrogens with zero attached hydrogens (tertiary/aromatic N) is 1. The summed E-state index contributed by atoms with van der Waals surface area (Å²) in [6.07, 6.45) is 0. The second kappa shape index (κ2) is 4.44. The molecule has 0 aromatic heterocycles. The molecule has 0 unspecified atom stereocenters. The molecule has 0 bridgehead atoms. The second-order valence-corrected chi connectivity index (χ2v) is 3.70. The van der Waals surface area contributed by atoms with Crippen LogP contribution in [0.4, 0.5) is 0 Å². The Morgan fingerprint density at radius 1 is 1.62 bits per heavy atom. The summed E-state index contributed by atoms with van der Waals surface area (Å²) in [5, 5.41) is 8.86. The van der Waals surface area contributed by atoms with Crippen molar-refractivity contribution in [3.05, 3.63) is 26.8 Å². The lowest BCUT2D eigenvalue weighted by Gasteiger charge is -2.07. The third kappa shape index (κ3) is 2.11. The van der Waals surface area contributed by atoms with E-state index in [2.05, 4.69) is 28.7 Å². The fraction of sp³-hybridized carbons (Fsp3) is 0.222. The van der Waals surface area contributed by atoms with Crippen molar-refractivity contribution >= 4 is 22.6 Å². The van der Waals surface area contributed by atoms with Crippen LogP contribution in [0.25, 0.3) is 0 Å². The summed E-state index contributed by atoms with van der Waals surface area (Å²) in [7, 11) is 1.55. The van der Waals surface area contributed by atoms with Gasteiger partial charge >= 0.3 is 0 Å². The molecule has 2 N–H and O–H groups in total. The molecule has 0 heterocycles. The molecule has 0 radical (unpaired) electrons. The minimum absolute atomic E-state index is 0.357. The van der Waals surface area contributed by atoms with Gasteiger partial charge in [-0.05, 0) is 40.3 Å². The van der Waals surface area contributed by atoms with Crippen molar-refractivity contribution in [1.82, 2.24) is 0 Å². The first-order valence-corrected chi connectivity index (χ1v) is 4.77. The van der Waals surface area contributed by atoms with E-state index in [1.165, 1.54) is 0 Å². The van der Waals surface area contributed by atoms with Crippen LogP contribution in [-0.4, -0.2) is 7.11 Å². The third-order valence-corrected chi connectivity index (χ3v) is 2.32. The van der Waals surface area contributed by atoms with Gasteiger partial charge < -0.3 is 10.5 Å². The molecular weight excluding hydrogens is 279 g/mol. The first-order chi connectivity index (χ1) is 6.22. The molecule has 0 amide bonds. The Bertz CT molecular complexity index is 332. The third-order valence-electron chi connectivity index (χ3n) is 1.70. The Kier molecular flexibility index (Phi) is 3.51. The monoisotopic (exact) mass is 288 g/mol. The molecule has 0 saturated carbocycles. The zero-order valence-electron chi connectivity index (χ0n) is 7.17. The first kappa shape index (κ1) is 10.3. The molecule has 0 saturated heterocycles. The van der Waals surface area contributed by atoms with E-state index in [4.69, 9.17) is 15.7 Å². The van der Waals surface area contributed by atoms with E-state index in [1.807, 2.05) is 12.1 Å². The summed E-state index contributed by atoms with van der Waals surface area (Å²) in [5.74, 6) is 0.592. The van der Waals surface area contributed by atoms with Crippen LogP contribution >= 0.6 is 22.6 Å². The van der Waals surface area contributed by atoms with Crippen LogP contribution in [0.1, 0.15) is 11.1 Å². The topological polar surface area (TPSA) is 59.0 Å². The molecule has 1 aromatic rings. The summed E-state index contributed by atoms with van der Waals surface area (Å²) < 4.78 is 6.10. The molecule has 68 valence electrons. The quantitative estimate of drug-likeness (QED) is 0.841. The molecular formula is C9H9IN2O. The van der Waals surface area contributed by atoms with Gasteiger partial charge in [0.15, 0.2) is 0 Å². The lowest BCUT2D eigenvalue weighted by Crippen LogP contribution is -2.02. The molecule has 1 aromatic carbocycles. The molecule has 0 aliphatic rings. The van der Waals surface area contributed by atoms with E-state index in [0.717, 1.165) is 9.13 Å². The summed E-state index contributed by atoms with van der Waals surface area (Å²) in [4.78, 5) is 0. The van der Waals surface area contributed by atoms with E-state index < -0.39 is 0 Å². The SMILES string of the molecule is COc1cc(I)cc(CN)c1C#N. The smallest absolute Gasteiger partial charge is 0.138 e. The normalized spacial score (nSPS) is 9.38. The van der Waals surface area contributed by atoms with Crippen LogP contribution in [-0.2, 0) is 6.54 Å². The van der Waals surface area contributed by atoms with E-state index in [1.54, 1.807) is 7.11 Å². The van der Waals surface area contributed by atoms with Crippen LogP contribution < -0.4 is 10.5 Å². The zero-order chi connectivity index (χ0) is 9.84. The van der Waals surface area contributed by atoms with Crippen LogP contribution in [0, 0.1) is 14.9 Å². The standard InChI is InChI=1S/C9H9IN2O/c1-13-9-3-7(10)2-6(4-11)8(9)5-12/h2-3H,4,11H2,1H3. The van der Waals surface area contributed by atoms with E-state index in [0.29, 0.717) is 17.9 Å². The molecule has 13 heavy (non-hydrogen) atoms. The summed E-state index contributed by atoms with van der Waals surface area (Å²) in [6, 6.07) is 5.79. The Labute approximate surface area is 90.6 Å². The van der Waals surface area contributed by atoms with Crippen molar-refractivity contribution in [2.75, 3.05) is 7.11 Å². The number of nitrogens with two attached hydrogens (primary N) is 1. The number of hydrogen-bond donors (Lipinski definition) is 1. The van der Waals surface area contributed by atoms with E-state index in [9.17, 15) is 0 Å². The number of nitriles is 1. The maximum Gasteiger partial charge on any atom is 0.138 e. The van der Waals surface area contributed by atoms with Crippen LogP contribution in [0.3, 0.4) is 0 Å². The molecule has 0 aliphatic carbocycles. The summed E-state index contributed by atoms with van der Waals surface area (Å²) >= 11 is 2.17. The van der Waals surface area contributed by atoms with Crippen molar-refractivity contribution in [1.29, 1.82) is 5.26 Å². The average Bonchev–Trinajstić information content (AvgIpc) is 2.16. The lowest BCUT2D eigenvalue weighted by molar-refractivity contribution is 0.412. The highest BCUT2D eigenvalue weighted by Gasteiger charge is 2.08. The molecule has 3 nitrogen and oxygen atoms in total. The Morgan fingerprint density at radius 2 is 2.31 bits per heavy atom. The van der Waals surface area contributed by atoms with Crippen molar-refractivity contribution in [3.63, 3.8) is 0 Å². The van der Waals surface area contributed by atoms with Gasteiger partial charge in [0.2, 0.25) is 0 Å². The highest BCUT2D eigenvalue weighted by molar-refractivity contribution is 14.1. The Hall–Kier alpha value is -0.800. The Balaban J connectivity index is 3.36. The van der Waals surface area contributed by atoms with Gasteiger partial charge in [-0.2, -0.15) is 5.26 Å². The minimum Gasteiger partial charge on any atom is -0.495 e. The largest absolute Gasteiger partial charge is 0.495 e. The van der Waals surface area contributed by atoms with E-state index in [-0.39, 0.29) is 0 Å². The van der Waals surface area contributed by atoms with Crippen molar-refractivity contribution in [3.8, 4) is 11.8 Å². The van der Waals surface area contributed by atoms with Gasteiger partial charge in [0.25, 0.3) is 0 Å². The fourth-order valence-corrected chi connectivity index (χ4v) is 1.74. The lowest BCUT2D eigenvalue weighted by atomic mass is 10.1. The Morgan fingerprint density at radius 3 is 2.77 bits per heavy atom. The highest BCUT2D eigenvalue weighted by atomic mass is 127. The van der Waals surface area contributed by atoms with Crippen molar-refractivity contribution in [2.45, 2.75) is 6.54 Å². The van der Waals surface area contributed by atoms with Gasteiger partial charge in [-0.1, -0.05) is 0 Å². The average molecular weight is 288 g/mol. The maximum absolute atomic E-state index is 8.86. The zero-order valence-corrected chi connectivity index (χ0v) is 9.33. The van der Waals surface area contributed by atoms with Crippen LogP contribution in [0.15, 0.2) is 12.1 Å². The van der Waals surface area contributed by atoms with Gasteiger partial charge in [0.1, 0.15) is 11.8 Å². The van der Waals surface area contributed by atoms with Gasteiger partial charge in [-0.3, -0.25) is 0 Å². The van der Waals surface area contributed by atoms with Gasteiger partial charge in [0, 0.05) is 10.1 Å². The van der Waals surface area contributed by atoms with Gasteiger partial charge in [-0.25, -0.2) is 0 Å². The molecule has 1 rings (SSSR count). The second-order valence-electron chi connectivity index (χ2n) is 2.46. The van der Waals surface area contributed by atoms with Crippen molar-refractivity contribution in [2.24, 2.45) is 5.73 Å². The number of halogens is 1. The predicted molar refractivity (Wildman–Crippen MR) is 58.3 cm³/mol. The number of benzene rings is 1. The fourth-order valence-electron chi connectivity index (χ4n) is 1.08. The van der Waals surface area contributed by atoms with Crippen molar-refractivity contribution < 1.29 is 4.74 Å².